The number of rotatable bonds is 4. The zero-order valence-electron chi connectivity index (χ0n) is 12.3. The van der Waals surface area contributed by atoms with Gasteiger partial charge >= 0.3 is 0 Å². The molecule has 0 aliphatic heterocycles. The van der Waals surface area contributed by atoms with Crippen LogP contribution in [-0.2, 0) is 18.4 Å². The Morgan fingerprint density at radius 3 is 2.80 bits per heavy atom. The third kappa shape index (κ3) is 4.21. The molecule has 0 spiro atoms. The molecule has 3 N–H and O–H groups in total. The minimum absolute atomic E-state index is 0. The van der Waals surface area contributed by atoms with E-state index in [1.165, 1.54) is 12.8 Å². The largest absolute Gasteiger partial charge is 0.352 e. The van der Waals surface area contributed by atoms with E-state index < -0.39 is 0 Å². The Bertz CT molecular complexity index is 446. The topological polar surface area (TPSA) is 72.9 Å². The van der Waals surface area contributed by atoms with E-state index in [2.05, 4.69) is 10.4 Å². The van der Waals surface area contributed by atoms with Crippen LogP contribution in [0.3, 0.4) is 0 Å². The van der Waals surface area contributed by atoms with Crippen LogP contribution in [0.1, 0.15) is 43.4 Å². The van der Waals surface area contributed by atoms with Crippen molar-refractivity contribution in [1.29, 1.82) is 0 Å². The fraction of sp³-hybridized carbons (Fsp3) is 0.714. The fourth-order valence-electron chi connectivity index (χ4n) is 2.71. The van der Waals surface area contributed by atoms with Crippen LogP contribution in [0.5, 0.6) is 0 Å². The predicted octanol–water partition coefficient (Wildman–Crippen LogP) is 1.67. The lowest BCUT2D eigenvalue weighted by atomic mass is 9.83. The molecular weight excluding hydrogens is 276 g/mol. The Morgan fingerprint density at radius 2 is 2.20 bits per heavy atom. The maximum absolute atomic E-state index is 12.0. The summed E-state index contributed by atoms with van der Waals surface area (Å²) in [6, 6.07) is 0.194. The van der Waals surface area contributed by atoms with E-state index in [4.69, 9.17) is 5.73 Å². The molecule has 0 radical (unpaired) electrons. The predicted molar refractivity (Wildman–Crippen MR) is 81.6 cm³/mol. The Labute approximate surface area is 126 Å². The first kappa shape index (κ1) is 17.0. The van der Waals surface area contributed by atoms with E-state index in [-0.39, 0.29) is 24.4 Å². The minimum atomic E-state index is 0. The molecule has 1 aromatic rings. The molecule has 0 aromatic carbocycles. The number of carbonyl (C=O) groups excluding carboxylic acids is 1. The summed E-state index contributed by atoms with van der Waals surface area (Å²) < 4.78 is 1.82. The molecule has 1 aromatic heterocycles. The number of nitrogens with zero attached hydrogens (tertiary/aromatic N) is 2. The van der Waals surface area contributed by atoms with E-state index in [1.54, 1.807) is 0 Å². The van der Waals surface area contributed by atoms with Crippen LogP contribution in [-0.4, -0.2) is 21.7 Å². The second kappa shape index (κ2) is 7.64. The molecular formula is C14H25ClN4O. The van der Waals surface area contributed by atoms with E-state index in [9.17, 15) is 4.79 Å². The van der Waals surface area contributed by atoms with Crippen LogP contribution in [0, 0.1) is 12.8 Å². The van der Waals surface area contributed by atoms with E-state index in [1.807, 2.05) is 24.9 Å². The summed E-state index contributed by atoms with van der Waals surface area (Å²) in [6.07, 6.45) is 6.91. The van der Waals surface area contributed by atoms with Crippen LogP contribution < -0.4 is 11.1 Å². The number of halogens is 1. The number of nitrogens with two attached hydrogens (primary N) is 1. The molecule has 2 atom stereocenters. The number of carbonyl (C=O) groups is 1. The van der Waals surface area contributed by atoms with Crippen molar-refractivity contribution >= 4 is 18.3 Å². The average Bonchev–Trinajstić information content (AvgIpc) is 2.70. The zero-order valence-corrected chi connectivity index (χ0v) is 13.1. The molecule has 0 saturated heterocycles. The van der Waals surface area contributed by atoms with Gasteiger partial charge in [-0.05, 0) is 25.7 Å². The van der Waals surface area contributed by atoms with Crippen LogP contribution in [0.2, 0.25) is 0 Å². The maximum Gasteiger partial charge on any atom is 0.220 e. The lowest BCUT2D eigenvalue weighted by molar-refractivity contribution is -0.122. The van der Waals surface area contributed by atoms with E-state index in [0.29, 0.717) is 18.9 Å². The van der Waals surface area contributed by atoms with Crippen molar-refractivity contribution in [3.63, 3.8) is 0 Å². The highest BCUT2D eigenvalue weighted by Crippen LogP contribution is 2.25. The quantitative estimate of drug-likeness (QED) is 0.888. The molecule has 1 aliphatic rings. The van der Waals surface area contributed by atoms with Crippen molar-refractivity contribution < 1.29 is 4.79 Å². The minimum Gasteiger partial charge on any atom is -0.352 e. The highest BCUT2D eigenvalue weighted by Gasteiger charge is 2.24. The van der Waals surface area contributed by atoms with Crippen molar-refractivity contribution in [2.75, 3.05) is 0 Å². The summed E-state index contributed by atoms with van der Waals surface area (Å²) in [4.78, 5) is 12.0. The lowest BCUT2D eigenvalue weighted by Crippen LogP contribution is -2.37. The molecule has 1 fully saturated rings. The summed E-state index contributed by atoms with van der Waals surface area (Å²) in [6.45, 7) is 2.56. The second-order valence-electron chi connectivity index (χ2n) is 5.57. The van der Waals surface area contributed by atoms with Gasteiger partial charge in [-0.3, -0.25) is 9.48 Å². The Morgan fingerprint density at radius 1 is 1.50 bits per heavy atom. The zero-order chi connectivity index (χ0) is 13.8. The van der Waals surface area contributed by atoms with Gasteiger partial charge in [-0.2, -0.15) is 5.10 Å². The Hall–Kier alpha value is -1.07. The van der Waals surface area contributed by atoms with E-state index >= 15 is 0 Å². The first-order valence-corrected chi connectivity index (χ1v) is 7.07. The van der Waals surface area contributed by atoms with Gasteiger partial charge in [0.05, 0.1) is 6.20 Å². The molecule has 5 nitrogen and oxygen atoms in total. The molecule has 20 heavy (non-hydrogen) atoms. The average molecular weight is 301 g/mol. The first-order chi connectivity index (χ1) is 9.08. The van der Waals surface area contributed by atoms with Crippen LogP contribution in [0.25, 0.3) is 0 Å². The molecule has 2 rings (SSSR count). The maximum atomic E-state index is 12.0. The number of aryl methyl sites for hydroxylation is 1. The summed E-state index contributed by atoms with van der Waals surface area (Å²) in [5, 5.41) is 7.14. The van der Waals surface area contributed by atoms with Crippen molar-refractivity contribution in [3.05, 3.63) is 17.5 Å². The van der Waals surface area contributed by atoms with E-state index in [0.717, 1.165) is 24.1 Å². The highest BCUT2D eigenvalue weighted by molar-refractivity contribution is 5.85. The van der Waals surface area contributed by atoms with Gasteiger partial charge in [-0.1, -0.05) is 12.8 Å². The summed E-state index contributed by atoms with van der Waals surface area (Å²) in [7, 11) is 1.90. The van der Waals surface area contributed by atoms with Gasteiger partial charge in [0, 0.05) is 37.3 Å². The van der Waals surface area contributed by atoms with Gasteiger partial charge < -0.3 is 11.1 Å². The third-order valence-electron chi connectivity index (χ3n) is 4.23. The number of hydrogen-bond acceptors (Lipinski definition) is 3. The molecule has 1 aliphatic carbocycles. The van der Waals surface area contributed by atoms with Crippen molar-refractivity contribution in [3.8, 4) is 0 Å². The van der Waals surface area contributed by atoms with Crippen LogP contribution in [0.4, 0.5) is 0 Å². The molecule has 6 heteroatoms. The normalized spacial score (nSPS) is 22.1. The molecule has 1 saturated carbocycles. The first-order valence-electron chi connectivity index (χ1n) is 7.07. The van der Waals surface area contributed by atoms with Gasteiger partial charge in [-0.25, -0.2) is 0 Å². The van der Waals surface area contributed by atoms with Crippen molar-refractivity contribution in [2.24, 2.45) is 18.7 Å². The van der Waals surface area contributed by atoms with Crippen molar-refractivity contribution in [1.82, 2.24) is 15.1 Å². The lowest BCUT2D eigenvalue weighted by Gasteiger charge is -2.27. The smallest absolute Gasteiger partial charge is 0.220 e. The molecule has 1 amide bonds. The number of aromatic nitrogens is 2. The molecule has 0 bridgehead atoms. The van der Waals surface area contributed by atoms with Gasteiger partial charge in [0.15, 0.2) is 0 Å². The monoisotopic (exact) mass is 300 g/mol. The van der Waals surface area contributed by atoms with Crippen LogP contribution >= 0.6 is 12.4 Å². The summed E-state index contributed by atoms with van der Waals surface area (Å²) in [5.74, 6) is 0.453. The molecule has 2 unspecified atom stereocenters. The third-order valence-corrected chi connectivity index (χ3v) is 4.23. The van der Waals surface area contributed by atoms with Gasteiger partial charge in [0.1, 0.15) is 0 Å². The number of hydrogen-bond donors (Lipinski definition) is 2. The number of nitrogens with one attached hydrogen (secondary N) is 1. The SMILES string of the molecule is Cc1c(CNC(=O)CC2CCCCC2N)cnn1C.Cl. The molecule has 1 heterocycles. The van der Waals surface area contributed by atoms with Gasteiger partial charge in [0.2, 0.25) is 5.91 Å². The fourth-order valence-corrected chi connectivity index (χ4v) is 2.71. The summed E-state index contributed by atoms with van der Waals surface area (Å²) in [5.41, 5.74) is 8.23. The standard InChI is InChI=1S/C14H24N4O.ClH/c1-10-12(9-17-18(10)2)8-16-14(19)7-11-5-3-4-6-13(11)15;/h9,11,13H,3-8,15H2,1-2H3,(H,16,19);1H. The second-order valence-corrected chi connectivity index (χ2v) is 5.57. The van der Waals surface area contributed by atoms with Crippen LogP contribution in [0.15, 0.2) is 6.20 Å². The van der Waals surface area contributed by atoms with Gasteiger partial charge in [-0.15, -0.1) is 12.4 Å². The number of amides is 1. The van der Waals surface area contributed by atoms with Gasteiger partial charge in [0.25, 0.3) is 0 Å². The molecule has 114 valence electrons. The Kier molecular flexibility index (Phi) is 6.49. The Balaban J connectivity index is 0.00000200. The summed E-state index contributed by atoms with van der Waals surface area (Å²) >= 11 is 0. The highest BCUT2D eigenvalue weighted by atomic mass is 35.5. The van der Waals surface area contributed by atoms with Crippen molar-refractivity contribution in [2.45, 2.75) is 51.6 Å².